The number of rotatable bonds is 2. The molecule has 9 heteroatoms. The maximum Gasteiger partial charge on any atom is 0.246 e. The standard InChI is InChI=1S/C22H20N8O/c1-3-19(31)29-9-8-15(11-29)30-22-20(21(23)24-12-25-22)17(28-30)7-5-14-4-6-16-18(10-14)27-13(2)26-16/h3-4,6,10,12,15H,1,8-9,11H2,2H3,(H,26,27)(H2,23,24,25)/t15-/m0/s1. The van der Waals surface area contributed by atoms with Gasteiger partial charge in [-0.3, -0.25) is 4.79 Å². The van der Waals surface area contributed by atoms with Crippen LogP contribution in [0.3, 0.4) is 0 Å². The number of nitrogens with one attached hydrogen (secondary N) is 1. The topological polar surface area (TPSA) is 119 Å². The van der Waals surface area contributed by atoms with Gasteiger partial charge in [0.1, 0.15) is 23.7 Å². The lowest BCUT2D eigenvalue weighted by Gasteiger charge is -2.14. The van der Waals surface area contributed by atoms with Gasteiger partial charge in [0.25, 0.3) is 0 Å². The highest BCUT2D eigenvalue weighted by Crippen LogP contribution is 2.28. The van der Waals surface area contributed by atoms with Crippen molar-refractivity contribution in [3.8, 4) is 11.8 Å². The normalized spacial score (nSPS) is 15.9. The predicted octanol–water partition coefficient (Wildman–Crippen LogP) is 1.95. The van der Waals surface area contributed by atoms with Crippen molar-refractivity contribution in [2.45, 2.75) is 19.4 Å². The highest BCUT2D eigenvalue weighted by molar-refractivity contribution is 5.91. The summed E-state index contributed by atoms with van der Waals surface area (Å²) in [5.74, 6) is 7.38. The van der Waals surface area contributed by atoms with Crippen molar-refractivity contribution in [1.82, 2.24) is 34.6 Å². The number of hydrogen-bond acceptors (Lipinski definition) is 6. The number of carbonyl (C=O) groups is 1. The van der Waals surface area contributed by atoms with E-state index in [1.54, 1.807) is 4.90 Å². The van der Waals surface area contributed by atoms with Crippen molar-refractivity contribution in [2.24, 2.45) is 0 Å². The zero-order valence-corrected chi connectivity index (χ0v) is 17.0. The van der Waals surface area contributed by atoms with Crippen LogP contribution in [0.15, 0.2) is 37.2 Å². The number of fused-ring (bicyclic) bond motifs is 2. The van der Waals surface area contributed by atoms with Crippen molar-refractivity contribution < 1.29 is 4.79 Å². The number of anilines is 1. The van der Waals surface area contributed by atoms with Crippen LogP contribution in [0.25, 0.3) is 22.1 Å². The Balaban J connectivity index is 1.54. The molecule has 4 aromatic rings. The number of hydrogen-bond donors (Lipinski definition) is 2. The molecule has 0 bridgehead atoms. The van der Waals surface area contributed by atoms with Gasteiger partial charge in [-0.2, -0.15) is 5.10 Å². The molecule has 4 heterocycles. The van der Waals surface area contributed by atoms with Crippen LogP contribution >= 0.6 is 0 Å². The summed E-state index contributed by atoms with van der Waals surface area (Å²) in [6, 6.07) is 5.80. The van der Waals surface area contributed by atoms with Gasteiger partial charge in [-0.05, 0) is 43.5 Å². The first-order chi connectivity index (χ1) is 15.0. The molecule has 1 fully saturated rings. The van der Waals surface area contributed by atoms with Gasteiger partial charge in [-0.15, -0.1) is 0 Å². The fraction of sp³-hybridized carbons (Fsp3) is 0.227. The largest absolute Gasteiger partial charge is 0.383 e. The third kappa shape index (κ3) is 3.28. The number of nitrogens with two attached hydrogens (primary N) is 1. The maximum atomic E-state index is 12.0. The molecule has 5 rings (SSSR count). The summed E-state index contributed by atoms with van der Waals surface area (Å²) in [6.07, 6.45) is 3.52. The fourth-order valence-electron chi connectivity index (χ4n) is 3.95. The van der Waals surface area contributed by atoms with Gasteiger partial charge in [-0.1, -0.05) is 12.5 Å². The molecule has 0 spiro atoms. The molecule has 0 radical (unpaired) electrons. The van der Waals surface area contributed by atoms with Crippen molar-refractivity contribution in [3.05, 3.63) is 54.3 Å². The number of aryl methyl sites for hydroxylation is 1. The third-order valence-electron chi connectivity index (χ3n) is 5.44. The van der Waals surface area contributed by atoms with E-state index in [-0.39, 0.29) is 11.9 Å². The number of nitrogen functional groups attached to an aromatic ring is 1. The molecule has 1 atom stereocenters. The summed E-state index contributed by atoms with van der Waals surface area (Å²) in [5.41, 5.74) is 9.93. The van der Waals surface area contributed by atoms with E-state index in [2.05, 4.69) is 38.4 Å². The molecular formula is C22H20N8O. The van der Waals surface area contributed by atoms with E-state index in [0.29, 0.717) is 35.6 Å². The van der Waals surface area contributed by atoms with Crippen molar-refractivity contribution in [1.29, 1.82) is 0 Å². The van der Waals surface area contributed by atoms with Crippen LogP contribution in [0.5, 0.6) is 0 Å². The number of aromatic nitrogens is 6. The zero-order chi connectivity index (χ0) is 21.5. The van der Waals surface area contributed by atoms with E-state index in [1.807, 2.05) is 29.8 Å². The number of H-pyrrole nitrogens is 1. The monoisotopic (exact) mass is 412 g/mol. The molecule has 1 aromatic carbocycles. The van der Waals surface area contributed by atoms with Crippen LogP contribution in [0, 0.1) is 18.8 Å². The van der Waals surface area contributed by atoms with Gasteiger partial charge in [0.15, 0.2) is 5.65 Å². The number of benzene rings is 1. The van der Waals surface area contributed by atoms with Crippen LogP contribution < -0.4 is 5.73 Å². The predicted molar refractivity (Wildman–Crippen MR) is 117 cm³/mol. The first-order valence-corrected chi connectivity index (χ1v) is 9.92. The van der Waals surface area contributed by atoms with E-state index >= 15 is 0 Å². The Morgan fingerprint density at radius 3 is 3.06 bits per heavy atom. The van der Waals surface area contributed by atoms with E-state index in [0.717, 1.165) is 28.8 Å². The first kappa shape index (κ1) is 18.8. The maximum absolute atomic E-state index is 12.0. The molecular weight excluding hydrogens is 392 g/mol. The van der Waals surface area contributed by atoms with E-state index in [4.69, 9.17) is 10.8 Å². The van der Waals surface area contributed by atoms with Crippen molar-refractivity contribution in [2.75, 3.05) is 18.8 Å². The highest BCUT2D eigenvalue weighted by atomic mass is 16.2. The van der Waals surface area contributed by atoms with Crippen LogP contribution in [0.1, 0.15) is 29.5 Å². The Morgan fingerprint density at radius 2 is 2.23 bits per heavy atom. The van der Waals surface area contributed by atoms with Crippen molar-refractivity contribution >= 4 is 33.8 Å². The van der Waals surface area contributed by atoms with E-state index < -0.39 is 0 Å². The fourth-order valence-corrected chi connectivity index (χ4v) is 3.95. The van der Waals surface area contributed by atoms with Crippen LogP contribution in [-0.2, 0) is 4.79 Å². The Morgan fingerprint density at radius 1 is 1.35 bits per heavy atom. The average molecular weight is 412 g/mol. The quantitative estimate of drug-likeness (QED) is 0.384. The second-order valence-corrected chi connectivity index (χ2v) is 7.49. The smallest absolute Gasteiger partial charge is 0.246 e. The molecule has 1 aliphatic heterocycles. The summed E-state index contributed by atoms with van der Waals surface area (Å²) in [5, 5.41) is 5.33. The lowest BCUT2D eigenvalue weighted by atomic mass is 10.2. The molecule has 9 nitrogen and oxygen atoms in total. The van der Waals surface area contributed by atoms with Crippen LogP contribution in [-0.4, -0.2) is 53.6 Å². The Hall–Kier alpha value is -4.19. The number of imidazole rings is 1. The number of amides is 1. The van der Waals surface area contributed by atoms with Gasteiger partial charge < -0.3 is 15.6 Å². The molecule has 1 aliphatic rings. The van der Waals surface area contributed by atoms with Gasteiger partial charge in [0.05, 0.1) is 22.5 Å². The molecule has 3 aromatic heterocycles. The second kappa shape index (κ2) is 7.25. The van der Waals surface area contributed by atoms with Gasteiger partial charge in [0, 0.05) is 18.7 Å². The number of aromatic amines is 1. The minimum atomic E-state index is -0.0860. The third-order valence-corrected chi connectivity index (χ3v) is 5.44. The summed E-state index contributed by atoms with van der Waals surface area (Å²) < 4.78 is 1.81. The highest BCUT2D eigenvalue weighted by Gasteiger charge is 2.29. The number of carbonyl (C=O) groups excluding carboxylic acids is 1. The summed E-state index contributed by atoms with van der Waals surface area (Å²) in [4.78, 5) is 29.9. The molecule has 0 aliphatic carbocycles. The average Bonchev–Trinajstić information content (AvgIpc) is 3.47. The van der Waals surface area contributed by atoms with E-state index in [1.165, 1.54) is 12.4 Å². The van der Waals surface area contributed by atoms with E-state index in [9.17, 15) is 4.79 Å². The lowest BCUT2D eigenvalue weighted by Crippen LogP contribution is -2.27. The summed E-state index contributed by atoms with van der Waals surface area (Å²) in [7, 11) is 0. The molecule has 1 saturated heterocycles. The van der Waals surface area contributed by atoms with Gasteiger partial charge in [-0.25, -0.2) is 19.6 Å². The Kier molecular flexibility index (Phi) is 4.40. The number of nitrogens with zero attached hydrogens (tertiary/aromatic N) is 6. The van der Waals surface area contributed by atoms with Crippen LogP contribution in [0.4, 0.5) is 5.82 Å². The molecule has 0 saturated carbocycles. The second-order valence-electron chi connectivity index (χ2n) is 7.49. The molecule has 0 unspecified atom stereocenters. The molecule has 3 N–H and O–H groups in total. The minimum absolute atomic E-state index is 0.0142. The Labute approximate surface area is 178 Å². The zero-order valence-electron chi connectivity index (χ0n) is 17.0. The van der Waals surface area contributed by atoms with Crippen LogP contribution in [0.2, 0.25) is 0 Å². The molecule has 1 amide bonds. The van der Waals surface area contributed by atoms with Gasteiger partial charge >= 0.3 is 0 Å². The molecule has 154 valence electrons. The van der Waals surface area contributed by atoms with Crippen molar-refractivity contribution in [3.63, 3.8) is 0 Å². The minimum Gasteiger partial charge on any atom is -0.383 e. The lowest BCUT2D eigenvalue weighted by molar-refractivity contribution is -0.125. The molecule has 31 heavy (non-hydrogen) atoms. The SMILES string of the molecule is C=CC(=O)N1CC[C@H](n2nc(C#Cc3ccc4[nH]c(C)nc4c3)c3c(N)ncnc32)C1. The summed E-state index contributed by atoms with van der Waals surface area (Å²) in [6.45, 7) is 6.66. The number of likely N-dealkylation sites (tertiary alicyclic amines) is 1. The summed E-state index contributed by atoms with van der Waals surface area (Å²) >= 11 is 0. The Bertz CT molecular complexity index is 1400. The van der Waals surface area contributed by atoms with Gasteiger partial charge in [0.2, 0.25) is 5.91 Å². The first-order valence-electron chi connectivity index (χ1n) is 9.92.